The number of nitriles is 1. The third kappa shape index (κ3) is 3.93. The van der Waals surface area contributed by atoms with E-state index in [-0.39, 0.29) is 11.7 Å². The van der Waals surface area contributed by atoms with E-state index in [1.807, 2.05) is 63.5 Å². The molecular weight excluding hydrogens is 324 g/mol. The molecule has 0 spiro atoms. The summed E-state index contributed by atoms with van der Waals surface area (Å²) in [5.74, 6) is 0.857. The molecule has 5 nitrogen and oxygen atoms in total. The molecule has 0 fully saturated rings. The normalized spacial score (nSPS) is 12.0. The molecule has 0 saturated carbocycles. The van der Waals surface area contributed by atoms with Crippen LogP contribution in [0.3, 0.4) is 0 Å². The minimum Gasteiger partial charge on any atom is -0.419 e. The first kappa shape index (κ1) is 17.7. The zero-order chi connectivity index (χ0) is 18.5. The highest BCUT2D eigenvalue weighted by Crippen LogP contribution is 2.27. The molecule has 0 aliphatic carbocycles. The molecule has 0 saturated heterocycles. The number of benzene rings is 2. The predicted molar refractivity (Wildman–Crippen MR) is 103 cm³/mol. The van der Waals surface area contributed by atoms with Crippen LogP contribution in [0.4, 0.5) is 5.88 Å². The molecule has 1 atom stereocenters. The minimum absolute atomic E-state index is 0.149. The van der Waals surface area contributed by atoms with Crippen molar-refractivity contribution < 1.29 is 4.42 Å². The van der Waals surface area contributed by atoms with E-state index in [1.165, 1.54) is 5.56 Å². The molecule has 1 aromatic heterocycles. The van der Waals surface area contributed by atoms with Crippen LogP contribution < -0.4 is 5.32 Å². The van der Waals surface area contributed by atoms with E-state index in [9.17, 15) is 5.26 Å². The lowest BCUT2D eigenvalue weighted by Crippen LogP contribution is -2.26. The van der Waals surface area contributed by atoms with Crippen LogP contribution in [0.25, 0.3) is 11.5 Å². The number of aromatic nitrogens is 1. The average molecular weight is 346 g/mol. The van der Waals surface area contributed by atoms with Crippen LogP contribution in [-0.4, -0.2) is 30.5 Å². The number of rotatable bonds is 6. The summed E-state index contributed by atoms with van der Waals surface area (Å²) in [5, 5.41) is 12.6. The van der Waals surface area contributed by atoms with Crippen LogP contribution in [0.15, 0.2) is 59.0 Å². The minimum atomic E-state index is 0.149. The van der Waals surface area contributed by atoms with Gasteiger partial charge in [-0.25, -0.2) is 0 Å². The lowest BCUT2D eigenvalue weighted by molar-refractivity contribution is 0.310. The molecule has 26 heavy (non-hydrogen) atoms. The Morgan fingerprint density at radius 2 is 1.81 bits per heavy atom. The molecule has 3 rings (SSSR count). The zero-order valence-corrected chi connectivity index (χ0v) is 15.2. The smallest absolute Gasteiger partial charge is 0.232 e. The maximum atomic E-state index is 9.39. The van der Waals surface area contributed by atoms with Crippen LogP contribution in [0.2, 0.25) is 0 Å². The summed E-state index contributed by atoms with van der Waals surface area (Å²) in [6, 6.07) is 20.4. The fraction of sp³-hybridized carbons (Fsp3) is 0.238. The zero-order valence-electron chi connectivity index (χ0n) is 15.2. The van der Waals surface area contributed by atoms with E-state index in [1.54, 1.807) is 0 Å². The van der Waals surface area contributed by atoms with Gasteiger partial charge in [-0.2, -0.15) is 10.2 Å². The largest absolute Gasteiger partial charge is 0.419 e. The molecule has 0 radical (unpaired) electrons. The van der Waals surface area contributed by atoms with Crippen molar-refractivity contribution in [2.45, 2.75) is 13.0 Å². The second-order valence-corrected chi connectivity index (χ2v) is 6.45. The Hall–Kier alpha value is -3.10. The second-order valence-electron chi connectivity index (χ2n) is 6.45. The predicted octanol–water partition coefficient (Wildman–Crippen LogP) is 4.24. The van der Waals surface area contributed by atoms with E-state index < -0.39 is 0 Å². The van der Waals surface area contributed by atoms with Gasteiger partial charge in [0.15, 0.2) is 0 Å². The van der Waals surface area contributed by atoms with Gasteiger partial charge in [-0.3, -0.25) is 0 Å². The third-order valence-electron chi connectivity index (χ3n) is 4.30. The summed E-state index contributed by atoms with van der Waals surface area (Å²) in [6.07, 6.45) is 0. The third-order valence-corrected chi connectivity index (χ3v) is 4.30. The highest BCUT2D eigenvalue weighted by atomic mass is 16.4. The van der Waals surface area contributed by atoms with Gasteiger partial charge >= 0.3 is 0 Å². The monoisotopic (exact) mass is 346 g/mol. The van der Waals surface area contributed by atoms with Gasteiger partial charge in [-0.1, -0.05) is 48.0 Å². The van der Waals surface area contributed by atoms with Crippen molar-refractivity contribution in [3.05, 3.63) is 71.4 Å². The van der Waals surface area contributed by atoms with Crippen molar-refractivity contribution >= 4 is 5.88 Å². The highest BCUT2D eigenvalue weighted by Gasteiger charge is 2.18. The van der Waals surface area contributed by atoms with Gasteiger partial charge in [0.25, 0.3) is 0 Å². The number of anilines is 1. The molecule has 5 heteroatoms. The highest BCUT2D eigenvalue weighted by molar-refractivity contribution is 5.59. The molecular formula is C21H22N4O. The Labute approximate surface area is 153 Å². The molecule has 0 bridgehead atoms. The van der Waals surface area contributed by atoms with Gasteiger partial charge < -0.3 is 14.6 Å². The maximum absolute atomic E-state index is 9.39. The van der Waals surface area contributed by atoms with Gasteiger partial charge in [0.2, 0.25) is 17.5 Å². The van der Waals surface area contributed by atoms with Crippen molar-refractivity contribution in [1.29, 1.82) is 5.26 Å². The summed E-state index contributed by atoms with van der Waals surface area (Å²) >= 11 is 0. The van der Waals surface area contributed by atoms with Crippen LogP contribution in [0, 0.1) is 18.3 Å². The van der Waals surface area contributed by atoms with E-state index >= 15 is 0 Å². The fourth-order valence-corrected chi connectivity index (χ4v) is 2.80. The van der Waals surface area contributed by atoms with E-state index in [2.05, 4.69) is 33.4 Å². The quantitative estimate of drug-likeness (QED) is 0.723. The van der Waals surface area contributed by atoms with Crippen molar-refractivity contribution in [1.82, 2.24) is 9.88 Å². The molecule has 1 heterocycles. The lowest BCUT2D eigenvalue weighted by atomic mass is 10.1. The second kappa shape index (κ2) is 7.85. The Morgan fingerprint density at radius 1 is 1.12 bits per heavy atom. The number of nitrogens with one attached hydrogen (secondary N) is 1. The summed E-state index contributed by atoms with van der Waals surface area (Å²) in [5.41, 5.74) is 3.48. The Kier molecular flexibility index (Phi) is 5.35. The Morgan fingerprint density at radius 3 is 2.42 bits per heavy atom. The molecule has 2 aromatic carbocycles. The Balaban J connectivity index is 1.81. The van der Waals surface area contributed by atoms with E-state index in [4.69, 9.17) is 4.42 Å². The Bertz CT molecular complexity index is 892. The van der Waals surface area contributed by atoms with Crippen molar-refractivity contribution in [2.75, 3.05) is 26.0 Å². The number of likely N-dealkylation sites (N-methyl/N-ethyl adjacent to an activating group) is 1. The van der Waals surface area contributed by atoms with Gasteiger partial charge in [-0.05, 0) is 38.7 Å². The van der Waals surface area contributed by atoms with Gasteiger partial charge in [0.1, 0.15) is 6.07 Å². The standard InChI is InChI=1S/C21H22N4O/c1-15-9-11-17(12-10-15)20-24-18(13-22)21(26-20)23-14-19(25(2)3)16-7-5-4-6-8-16/h4-12,19,23H,14H2,1-3H3. The van der Waals surface area contributed by atoms with E-state index in [0.717, 1.165) is 11.1 Å². The number of hydrogen-bond acceptors (Lipinski definition) is 5. The van der Waals surface area contributed by atoms with Crippen molar-refractivity contribution in [2.24, 2.45) is 0 Å². The topological polar surface area (TPSA) is 65.1 Å². The van der Waals surface area contributed by atoms with Crippen LogP contribution in [0.5, 0.6) is 0 Å². The number of hydrogen-bond donors (Lipinski definition) is 1. The lowest BCUT2D eigenvalue weighted by Gasteiger charge is -2.24. The molecule has 1 N–H and O–H groups in total. The van der Waals surface area contributed by atoms with Crippen LogP contribution in [0.1, 0.15) is 22.9 Å². The summed E-state index contributed by atoms with van der Waals surface area (Å²) in [4.78, 5) is 6.45. The van der Waals surface area contributed by atoms with Crippen LogP contribution in [-0.2, 0) is 0 Å². The summed E-state index contributed by atoms with van der Waals surface area (Å²) in [7, 11) is 4.06. The van der Waals surface area contributed by atoms with Crippen molar-refractivity contribution in [3.63, 3.8) is 0 Å². The fourth-order valence-electron chi connectivity index (χ4n) is 2.80. The van der Waals surface area contributed by atoms with Gasteiger partial charge in [-0.15, -0.1) is 0 Å². The van der Waals surface area contributed by atoms with Gasteiger partial charge in [0, 0.05) is 12.1 Å². The first-order valence-electron chi connectivity index (χ1n) is 8.51. The molecule has 3 aromatic rings. The maximum Gasteiger partial charge on any atom is 0.232 e. The molecule has 132 valence electrons. The van der Waals surface area contributed by atoms with Gasteiger partial charge in [0.05, 0.1) is 6.04 Å². The molecule has 1 unspecified atom stereocenters. The first-order valence-corrected chi connectivity index (χ1v) is 8.51. The van der Waals surface area contributed by atoms with E-state index in [0.29, 0.717) is 18.3 Å². The summed E-state index contributed by atoms with van der Waals surface area (Å²) in [6.45, 7) is 2.63. The number of oxazole rings is 1. The number of aryl methyl sites for hydroxylation is 1. The molecule has 0 amide bonds. The first-order chi connectivity index (χ1) is 12.6. The van der Waals surface area contributed by atoms with Crippen molar-refractivity contribution in [3.8, 4) is 17.5 Å². The molecule has 0 aliphatic rings. The average Bonchev–Trinajstić information content (AvgIpc) is 3.06. The number of nitrogens with zero attached hydrogens (tertiary/aromatic N) is 3. The summed E-state index contributed by atoms with van der Waals surface area (Å²) < 4.78 is 5.83. The molecule has 0 aliphatic heterocycles. The van der Waals surface area contributed by atoms with Crippen LogP contribution >= 0.6 is 0 Å². The SMILES string of the molecule is Cc1ccc(-c2nc(C#N)c(NCC(c3ccccc3)N(C)C)o2)cc1.